The Morgan fingerprint density at radius 1 is 0.578 bits per heavy atom. The maximum Gasteiger partial charge on any atom is 0.321 e. The molecule has 0 spiro atoms. The Morgan fingerprint density at radius 2 is 0.956 bits per heavy atom. The Hall–Kier alpha value is -4.33. The van der Waals surface area contributed by atoms with Gasteiger partial charge in [0.25, 0.3) is 0 Å². The van der Waals surface area contributed by atoms with Crippen LogP contribution >= 0.6 is 0 Å². The SMILES string of the molecule is COc1ccc(C[C@@H]2[C@@H]3OC(C)(C)O[C@H]3[C@@H](Cc3ccc(OC)cc3)N(Cc3ccccc3)C(=O)N2Cc2ccccc2)cc1. The molecule has 0 unspecified atom stereocenters. The van der Waals surface area contributed by atoms with E-state index < -0.39 is 5.79 Å². The molecular formula is C38H42N2O5. The quantitative estimate of drug-likeness (QED) is 0.197. The third kappa shape index (κ3) is 7.00. The van der Waals surface area contributed by atoms with Crippen LogP contribution in [-0.2, 0) is 35.4 Å². The minimum atomic E-state index is -0.817. The summed E-state index contributed by atoms with van der Waals surface area (Å²) in [6.45, 7) is 4.85. The number of hydrogen-bond donors (Lipinski definition) is 0. The Morgan fingerprint density at radius 3 is 1.31 bits per heavy atom. The highest BCUT2D eigenvalue weighted by atomic mass is 16.8. The van der Waals surface area contributed by atoms with Crippen molar-refractivity contribution in [2.24, 2.45) is 0 Å². The molecule has 4 aromatic carbocycles. The molecular weight excluding hydrogens is 564 g/mol. The number of fused-ring (bicyclic) bond motifs is 1. The first-order chi connectivity index (χ1) is 21.8. The summed E-state index contributed by atoms with van der Waals surface area (Å²) in [6, 6.07) is 36.0. The lowest BCUT2D eigenvalue weighted by Crippen LogP contribution is -2.51. The summed E-state index contributed by atoms with van der Waals surface area (Å²) in [5.74, 6) is 0.776. The van der Waals surface area contributed by atoms with Crippen LogP contribution in [0.3, 0.4) is 0 Å². The predicted octanol–water partition coefficient (Wildman–Crippen LogP) is 6.88. The van der Waals surface area contributed by atoms with Gasteiger partial charge in [0.2, 0.25) is 0 Å². The molecule has 0 radical (unpaired) electrons. The van der Waals surface area contributed by atoms with Crippen LogP contribution in [0.4, 0.5) is 4.79 Å². The van der Waals surface area contributed by atoms with Crippen molar-refractivity contribution in [3.05, 3.63) is 131 Å². The average molecular weight is 607 g/mol. The number of amides is 2. The van der Waals surface area contributed by atoms with Gasteiger partial charge in [-0.15, -0.1) is 0 Å². The third-order valence-corrected chi connectivity index (χ3v) is 8.81. The fourth-order valence-electron chi connectivity index (χ4n) is 6.60. The normalized spacial score (nSPS) is 22.5. The van der Waals surface area contributed by atoms with Crippen LogP contribution < -0.4 is 9.47 Å². The van der Waals surface area contributed by atoms with Gasteiger partial charge in [-0.1, -0.05) is 84.9 Å². The van der Waals surface area contributed by atoms with E-state index in [1.807, 2.05) is 84.3 Å². The summed E-state index contributed by atoms with van der Waals surface area (Å²) in [5.41, 5.74) is 4.33. The highest BCUT2D eigenvalue weighted by Gasteiger charge is 2.55. The molecule has 4 atom stereocenters. The first-order valence-corrected chi connectivity index (χ1v) is 15.6. The van der Waals surface area contributed by atoms with Gasteiger partial charge in [-0.05, 0) is 73.2 Å². The van der Waals surface area contributed by atoms with E-state index in [1.165, 1.54) is 0 Å². The first kappa shape index (κ1) is 30.7. The standard InChI is InChI=1S/C38H42N2O5/c1-38(2)44-35-33(23-27-15-19-31(42-3)20-16-27)39(25-29-11-7-5-8-12-29)37(41)40(26-30-13-9-6-10-14-30)34(36(35)45-38)24-28-17-21-32(43-4)22-18-28/h5-22,33-36H,23-26H2,1-4H3/t33-,34-,35+,36+/m1/s1. The molecule has 6 rings (SSSR count). The van der Waals surface area contributed by atoms with Gasteiger partial charge >= 0.3 is 6.03 Å². The van der Waals surface area contributed by atoms with Crippen molar-refractivity contribution in [1.82, 2.24) is 9.80 Å². The largest absolute Gasteiger partial charge is 0.497 e. The Labute approximate surface area is 266 Å². The van der Waals surface area contributed by atoms with Gasteiger partial charge in [0.15, 0.2) is 5.79 Å². The molecule has 4 aromatic rings. The van der Waals surface area contributed by atoms with Gasteiger partial charge in [0.05, 0.1) is 26.3 Å². The molecule has 0 aliphatic carbocycles. The van der Waals surface area contributed by atoms with E-state index in [2.05, 4.69) is 48.5 Å². The van der Waals surface area contributed by atoms with E-state index in [-0.39, 0.29) is 30.3 Å². The molecule has 7 nitrogen and oxygen atoms in total. The lowest BCUT2D eigenvalue weighted by atomic mass is 9.90. The van der Waals surface area contributed by atoms with Crippen LogP contribution in [0.5, 0.6) is 11.5 Å². The van der Waals surface area contributed by atoms with Gasteiger partial charge in [-0.2, -0.15) is 0 Å². The van der Waals surface area contributed by atoms with Gasteiger partial charge in [-0.25, -0.2) is 4.79 Å². The molecule has 45 heavy (non-hydrogen) atoms. The molecule has 0 bridgehead atoms. The topological polar surface area (TPSA) is 60.5 Å². The van der Waals surface area contributed by atoms with Crippen LogP contribution in [0.1, 0.15) is 36.1 Å². The summed E-state index contributed by atoms with van der Waals surface area (Å²) < 4.78 is 24.4. The van der Waals surface area contributed by atoms with Crippen molar-refractivity contribution < 1.29 is 23.7 Å². The Bertz CT molecular complexity index is 1430. The van der Waals surface area contributed by atoms with Crippen LogP contribution in [0.2, 0.25) is 0 Å². The van der Waals surface area contributed by atoms with E-state index in [9.17, 15) is 0 Å². The van der Waals surface area contributed by atoms with Crippen molar-refractivity contribution in [2.75, 3.05) is 14.2 Å². The molecule has 0 aromatic heterocycles. The van der Waals surface area contributed by atoms with Crippen LogP contribution in [-0.4, -0.2) is 60.1 Å². The first-order valence-electron chi connectivity index (χ1n) is 15.6. The second kappa shape index (κ2) is 13.3. The minimum absolute atomic E-state index is 0.0286. The predicted molar refractivity (Wildman–Crippen MR) is 174 cm³/mol. The number of ether oxygens (including phenoxy) is 4. The van der Waals surface area contributed by atoms with E-state index in [4.69, 9.17) is 18.9 Å². The van der Waals surface area contributed by atoms with Gasteiger partial charge in [0.1, 0.15) is 23.7 Å². The molecule has 7 heteroatoms. The highest BCUT2D eigenvalue weighted by Crippen LogP contribution is 2.40. The third-order valence-electron chi connectivity index (χ3n) is 8.81. The molecule has 2 heterocycles. The summed E-state index contributed by atoms with van der Waals surface area (Å²) >= 11 is 0. The van der Waals surface area contributed by atoms with E-state index in [0.29, 0.717) is 25.9 Å². The summed E-state index contributed by atoms with van der Waals surface area (Å²) in [4.78, 5) is 19.1. The van der Waals surface area contributed by atoms with Crippen molar-refractivity contribution in [2.45, 2.75) is 69.9 Å². The van der Waals surface area contributed by atoms with Gasteiger partial charge in [0, 0.05) is 13.1 Å². The highest BCUT2D eigenvalue weighted by molar-refractivity contribution is 5.76. The van der Waals surface area contributed by atoms with Crippen LogP contribution in [0.25, 0.3) is 0 Å². The second-order valence-corrected chi connectivity index (χ2v) is 12.3. The fraction of sp³-hybridized carbons (Fsp3) is 0.342. The average Bonchev–Trinajstić information content (AvgIpc) is 3.37. The number of carbonyl (C=O) groups excluding carboxylic acids is 1. The van der Waals surface area contributed by atoms with Gasteiger partial charge < -0.3 is 28.7 Å². The summed E-state index contributed by atoms with van der Waals surface area (Å²) in [7, 11) is 3.34. The smallest absolute Gasteiger partial charge is 0.321 e. The number of rotatable bonds is 10. The fourth-order valence-corrected chi connectivity index (χ4v) is 6.60. The Balaban J connectivity index is 1.46. The molecule has 234 valence electrons. The van der Waals surface area contributed by atoms with E-state index >= 15 is 4.79 Å². The van der Waals surface area contributed by atoms with Crippen LogP contribution in [0, 0.1) is 0 Å². The number of methoxy groups -OCH3 is 2. The molecule has 2 amide bonds. The molecule has 2 fully saturated rings. The number of hydrogen-bond acceptors (Lipinski definition) is 5. The second-order valence-electron chi connectivity index (χ2n) is 12.3. The van der Waals surface area contributed by atoms with Crippen molar-refractivity contribution >= 4 is 6.03 Å². The number of urea groups is 1. The lowest BCUT2D eigenvalue weighted by molar-refractivity contribution is -0.157. The van der Waals surface area contributed by atoms with Crippen LogP contribution in [0.15, 0.2) is 109 Å². The molecule has 0 saturated carbocycles. The monoisotopic (exact) mass is 606 g/mol. The molecule has 2 saturated heterocycles. The van der Waals surface area contributed by atoms with Gasteiger partial charge in [-0.3, -0.25) is 0 Å². The van der Waals surface area contributed by atoms with Crippen molar-refractivity contribution in [3.63, 3.8) is 0 Å². The number of benzene rings is 4. The number of nitrogens with zero attached hydrogens (tertiary/aromatic N) is 2. The Kier molecular flexibility index (Phi) is 9.10. The minimum Gasteiger partial charge on any atom is -0.497 e. The maximum atomic E-state index is 15.0. The molecule has 2 aliphatic heterocycles. The molecule has 2 aliphatic rings. The van der Waals surface area contributed by atoms with E-state index in [0.717, 1.165) is 33.8 Å². The van der Waals surface area contributed by atoms with Crippen molar-refractivity contribution in [1.29, 1.82) is 0 Å². The summed E-state index contributed by atoms with van der Waals surface area (Å²) in [5, 5.41) is 0. The lowest BCUT2D eigenvalue weighted by Gasteiger charge is -2.37. The maximum absolute atomic E-state index is 15.0. The zero-order valence-electron chi connectivity index (χ0n) is 26.5. The summed E-state index contributed by atoms with van der Waals surface area (Å²) in [6.07, 6.45) is 0.493. The number of carbonyl (C=O) groups is 1. The zero-order valence-corrected chi connectivity index (χ0v) is 26.5. The zero-order chi connectivity index (χ0) is 31.4. The van der Waals surface area contributed by atoms with E-state index in [1.54, 1.807) is 14.2 Å². The molecule has 0 N–H and O–H groups in total. The van der Waals surface area contributed by atoms with Crippen molar-refractivity contribution in [3.8, 4) is 11.5 Å².